The van der Waals surface area contributed by atoms with E-state index in [-0.39, 0.29) is 17.6 Å². The zero-order chi connectivity index (χ0) is 13.1. The van der Waals surface area contributed by atoms with E-state index in [4.69, 9.17) is 4.74 Å². The molecule has 2 aliphatic rings. The van der Waals surface area contributed by atoms with E-state index >= 15 is 0 Å². The molecule has 3 heterocycles. The molecule has 0 aromatic carbocycles. The minimum atomic E-state index is -0.321. The van der Waals surface area contributed by atoms with Gasteiger partial charge in [0.1, 0.15) is 6.10 Å². The van der Waals surface area contributed by atoms with E-state index < -0.39 is 0 Å². The second-order valence-electron chi connectivity index (χ2n) is 5.31. The van der Waals surface area contributed by atoms with E-state index in [1.165, 1.54) is 0 Å². The average molecular weight is 261 g/mol. The molecule has 1 spiro atoms. The molecular weight excluding hydrogens is 242 g/mol. The molecule has 2 aliphatic heterocycles. The van der Waals surface area contributed by atoms with Gasteiger partial charge in [-0.15, -0.1) is 0 Å². The predicted octanol–water partition coefficient (Wildman–Crippen LogP) is 1.32. The highest BCUT2D eigenvalue weighted by molar-refractivity contribution is 5.94. The monoisotopic (exact) mass is 261 g/mol. The maximum Gasteiger partial charge on any atom is 0.253 e. The van der Waals surface area contributed by atoms with Crippen molar-refractivity contribution in [1.82, 2.24) is 10.3 Å². The van der Waals surface area contributed by atoms with Crippen molar-refractivity contribution in [3.63, 3.8) is 0 Å². The first kappa shape index (κ1) is 12.6. The van der Waals surface area contributed by atoms with Gasteiger partial charge in [-0.1, -0.05) is 0 Å². The Morgan fingerprint density at radius 3 is 3.00 bits per heavy atom. The number of carbonyl (C=O) groups is 1. The summed E-state index contributed by atoms with van der Waals surface area (Å²) in [5.74, 6) is -0.0524. The van der Waals surface area contributed by atoms with Crippen molar-refractivity contribution in [2.24, 2.45) is 0 Å². The Labute approximate surface area is 112 Å². The molecule has 1 atom stereocenters. The van der Waals surface area contributed by atoms with Crippen molar-refractivity contribution in [3.05, 3.63) is 24.5 Å². The van der Waals surface area contributed by atoms with Crippen molar-refractivity contribution < 1.29 is 9.53 Å². The number of ether oxygens (including phenoxy) is 1. The van der Waals surface area contributed by atoms with Crippen LogP contribution in [0.15, 0.2) is 24.5 Å². The smallest absolute Gasteiger partial charge is 0.253 e. The molecule has 1 amide bonds. The molecule has 0 unspecified atom stereocenters. The quantitative estimate of drug-likeness (QED) is 0.843. The van der Waals surface area contributed by atoms with Crippen LogP contribution in [0.4, 0.5) is 5.69 Å². The Kier molecular flexibility index (Phi) is 3.48. The van der Waals surface area contributed by atoms with Gasteiger partial charge in [-0.2, -0.15) is 0 Å². The third-order valence-electron chi connectivity index (χ3n) is 3.99. The third kappa shape index (κ3) is 2.77. The summed E-state index contributed by atoms with van der Waals surface area (Å²) < 4.78 is 6.05. The largest absolute Gasteiger partial charge is 0.362 e. The molecule has 0 saturated carbocycles. The SMILES string of the molecule is O=C(Nc1cccnc1)[C@@H]1CCC2(CCNCC2)O1. The van der Waals surface area contributed by atoms with Crippen LogP contribution in [0.3, 0.4) is 0 Å². The molecule has 2 saturated heterocycles. The highest BCUT2D eigenvalue weighted by Crippen LogP contribution is 2.37. The molecule has 5 nitrogen and oxygen atoms in total. The zero-order valence-electron chi connectivity index (χ0n) is 10.9. The second kappa shape index (κ2) is 5.27. The van der Waals surface area contributed by atoms with Gasteiger partial charge < -0.3 is 15.4 Å². The first-order chi connectivity index (χ1) is 9.27. The molecule has 5 heteroatoms. The predicted molar refractivity (Wildman–Crippen MR) is 71.8 cm³/mol. The summed E-state index contributed by atoms with van der Waals surface area (Å²) in [5, 5.41) is 6.19. The molecule has 0 radical (unpaired) electrons. The van der Waals surface area contributed by atoms with Crippen LogP contribution in [-0.4, -0.2) is 35.7 Å². The van der Waals surface area contributed by atoms with Crippen LogP contribution >= 0.6 is 0 Å². The van der Waals surface area contributed by atoms with Crippen LogP contribution in [0.5, 0.6) is 0 Å². The van der Waals surface area contributed by atoms with Gasteiger partial charge in [0.25, 0.3) is 5.91 Å². The lowest BCUT2D eigenvalue weighted by molar-refractivity contribution is -0.133. The van der Waals surface area contributed by atoms with Gasteiger partial charge in [0, 0.05) is 6.20 Å². The van der Waals surface area contributed by atoms with E-state index in [2.05, 4.69) is 15.6 Å². The number of aromatic nitrogens is 1. The van der Waals surface area contributed by atoms with E-state index in [0.717, 1.165) is 44.5 Å². The average Bonchev–Trinajstić information content (AvgIpc) is 2.85. The van der Waals surface area contributed by atoms with Crippen molar-refractivity contribution in [3.8, 4) is 0 Å². The molecule has 2 N–H and O–H groups in total. The van der Waals surface area contributed by atoms with Gasteiger partial charge in [-0.05, 0) is 50.9 Å². The molecule has 3 rings (SSSR count). The number of nitrogens with zero attached hydrogens (tertiary/aromatic N) is 1. The van der Waals surface area contributed by atoms with Gasteiger partial charge in [0.15, 0.2) is 0 Å². The lowest BCUT2D eigenvalue weighted by Crippen LogP contribution is -2.43. The molecule has 2 fully saturated rings. The Balaban J connectivity index is 1.60. The number of anilines is 1. The summed E-state index contributed by atoms with van der Waals surface area (Å²) in [6, 6.07) is 3.64. The minimum Gasteiger partial charge on any atom is -0.362 e. The molecule has 0 aliphatic carbocycles. The third-order valence-corrected chi connectivity index (χ3v) is 3.99. The minimum absolute atomic E-state index is 0.0524. The van der Waals surface area contributed by atoms with E-state index in [9.17, 15) is 4.79 Å². The van der Waals surface area contributed by atoms with E-state index in [1.807, 2.05) is 6.07 Å². The van der Waals surface area contributed by atoms with E-state index in [1.54, 1.807) is 18.5 Å². The van der Waals surface area contributed by atoms with Gasteiger partial charge in [-0.25, -0.2) is 0 Å². The second-order valence-corrected chi connectivity index (χ2v) is 5.31. The van der Waals surface area contributed by atoms with Gasteiger partial charge in [0.2, 0.25) is 0 Å². The molecular formula is C14H19N3O2. The maximum absolute atomic E-state index is 12.2. The Bertz CT molecular complexity index is 443. The van der Waals surface area contributed by atoms with Crippen molar-refractivity contribution in [2.75, 3.05) is 18.4 Å². The van der Waals surface area contributed by atoms with E-state index in [0.29, 0.717) is 0 Å². The number of hydrogen-bond acceptors (Lipinski definition) is 4. The van der Waals surface area contributed by atoms with Crippen LogP contribution < -0.4 is 10.6 Å². The summed E-state index contributed by atoms with van der Waals surface area (Å²) >= 11 is 0. The summed E-state index contributed by atoms with van der Waals surface area (Å²) in [7, 11) is 0. The first-order valence-electron chi connectivity index (χ1n) is 6.87. The number of amides is 1. The van der Waals surface area contributed by atoms with Crippen LogP contribution in [0.2, 0.25) is 0 Å². The number of hydrogen-bond donors (Lipinski definition) is 2. The van der Waals surface area contributed by atoms with Crippen LogP contribution in [0, 0.1) is 0 Å². The normalized spacial score (nSPS) is 25.4. The van der Waals surface area contributed by atoms with Crippen molar-refractivity contribution in [1.29, 1.82) is 0 Å². The van der Waals surface area contributed by atoms with Crippen LogP contribution in [-0.2, 0) is 9.53 Å². The lowest BCUT2D eigenvalue weighted by Gasteiger charge is -2.33. The van der Waals surface area contributed by atoms with Crippen LogP contribution in [0.25, 0.3) is 0 Å². The van der Waals surface area contributed by atoms with Crippen molar-refractivity contribution >= 4 is 11.6 Å². The number of rotatable bonds is 2. The fourth-order valence-electron chi connectivity index (χ4n) is 2.91. The Morgan fingerprint density at radius 1 is 1.42 bits per heavy atom. The fourth-order valence-corrected chi connectivity index (χ4v) is 2.91. The molecule has 102 valence electrons. The summed E-state index contributed by atoms with van der Waals surface area (Å²) in [4.78, 5) is 16.1. The molecule has 0 bridgehead atoms. The maximum atomic E-state index is 12.2. The number of carbonyl (C=O) groups excluding carboxylic acids is 1. The summed E-state index contributed by atoms with van der Waals surface area (Å²) in [6.07, 6.45) is 6.82. The summed E-state index contributed by atoms with van der Waals surface area (Å²) in [6.45, 7) is 1.97. The fraction of sp³-hybridized carbons (Fsp3) is 0.571. The number of nitrogens with one attached hydrogen (secondary N) is 2. The standard InChI is InChI=1S/C14H19N3O2/c18-13(17-11-2-1-7-16-10-11)12-3-4-14(19-12)5-8-15-9-6-14/h1-2,7,10,12,15H,3-6,8-9H2,(H,17,18)/t12-/m0/s1. The number of pyridine rings is 1. The zero-order valence-corrected chi connectivity index (χ0v) is 10.9. The lowest BCUT2D eigenvalue weighted by atomic mass is 9.89. The van der Waals surface area contributed by atoms with Gasteiger partial charge in [-0.3, -0.25) is 9.78 Å². The number of piperidine rings is 1. The Morgan fingerprint density at radius 2 is 2.26 bits per heavy atom. The molecule has 1 aromatic rings. The van der Waals surface area contributed by atoms with Crippen LogP contribution in [0.1, 0.15) is 25.7 Å². The topological polar surface area (TPSA) is 63.2 Å². The Hall–Kier alpha value is -1.46. The van der Waals surface area contributed by atoms with Gasteiger partial charge in [0.05, 0.1) is 17.5 Å². The summed E-state index contributed by atoms with van der Waals surface area (Å²) in [5.41, 5.74) is 0.657. The van der Waals surface area contributed by atoms with Crippen molar-refractivity contribution in [2.45, 2.75) is 37.4 Å². The van der Waals surface area contributed by atoms with Gasteiger partial charge >= 0.3 is 0 Å². The molecule has 1 aromatic heterocycles. The highest BCUT2D eigenvalue weighted by atomic mass is 16.5. The highest BCUT2D eigenvalue weighted by Gasteiger charge is 2.43. The molecule has 19 heavy (non-hydrogen) atoms. The first-order valence-corrected chi connectivity index (χ1v) is 6.87.